The molecule has 3 amide bonds. The average molecular weight is 597 g/mol. The van der Waals surface area contributed by atoms with E-state index in [9.17, 15) is 27.6 Å². The van der Waals surface area contributed by atoms with Gasteiger partial charge in [0.15, 0.2) is 6.61 Å². The molecule has 0 aliphatic heterocycles. The summed E-state index contributed by atoms with van der Waals surface area (Å²) < 4.78 is 46.8. The topological polar surface area (TPSA) is 87.7 Å². The number of carbonyl (C=O) groups excluding carboxylic acids is 3. The lowest BCUT2D eigenvalue weighted by Crippen LogP contribution is -2.38. The zero-order valence-electron chi connectivity index (χ0n) is 18.3. The minimum absolute atomic E-state index is 0.0418. The fourth-order valence-corrected chi connectivity index (χ4v) is 3.36. The number of nitrogens with zero attached hydrogens (tertiary/aromatic N) is 1. The predicted octanol–water partition coefficient (Wildman–Crippen LogP) is 4.12. The molecule has 3 rings (SSSR count). The Labute approximate surface area is 212 Å². The fourth-order valence-electron chi connectivity index (χ4n) is 2.90. The van der Waals surface area contributed by atoms with Crippen LogP contribution in [0, 0.1) is 21.0 Å². The standard InChI is InChI=1S/C24H19F3IN3O4/c1-31(17-6-2-14(25)3-7-17)23(33)12-29-24(34)18-10-15(26)4-9-21(18)35-13-22(32)30-20-8-5-16(28)11-19(20)27/h2-11H,12-13H2,1H3,(H,29,34)(H,30,32). The summed E-state index contributed by atoms with van der Waals surface area (Å²) in [7, 11) is 1.45. The predicted molar refractivity (Wildman–Crippen MR) is 132 cm³/mol. The van der Waals surface area contributed by atoms with Crippen molar-refractivity contribution in [1.82, 2.24) is 5.32 Å². The Balaban J connectivity index is 1.61. The van der Waals surface area contributed by atoms with Gasteiger partial charge >= 0.3 is 0 Å². The number of ether oxygens (including phenoxy) is 1. The van der Waals surface area contributed by atoms with Gasteiger partial charge in [0.1, 0.15) is 23.2 Å². The summed E-state index contributed by atoms with van der Waals surface area (Å²) in [6.45, 7) is -1.02. The first kappa shape index (κ1) is 26.0. The highest BCUT2D eigenvalue weighted by molar-refractivity contribution is 14.1. The molecule has 2 N–H and O–H groups in total. The Kier molecular flexibility index (Phi) is 8.68. The van der Waals surface area contributed by atoms with E-state index in [1.807, 2.05) is 22.6 Å². The second kappa shape index (κ2) is 11.7. The van der Waals surface area contributed by atoms with Gasteiger partial charge in [-0.1, -0.05) is 0 Å². The van der Waals surface area contributed by atoms with Crippen LogP contribution in [-0.4, -0.2) is 37.9 Å². The molecule has 0 aliphatic rings. The summed E-state index contributed by atoms with van der Waals surface area (Å²) in [5.74, 6) is -3.95. The molecule has 0 radical (unpaired) electrons. The summed E-state index contributed by atoms with van der Waals surface area (Å²) in [6.07, 6.45) is 0. The van der Waals surface area contributed by atoms with E-state index in [4.69, 9.17) is 4.74 Å². The number of likely N-dealkylation sites (N-methyl/N-ethyl adjacent to an activating group) is 1. The molecule has 0 unspecified atom stereocenters. The molecule has 0 aromatic heterocycles. The fraction of sp³-hybridized carbons (Fsp3) is 0.125. The number of anilines is 2. The molecule has 11 heteroatoms. The molecule has 3 aromatic rings. The number of carbonyl (C=O) groups is 3. The molecular weight excluding hydrogens is 578 g/mol. The highest BCUT2D eigenvalue weighted by Crippen LogP contribution is 2.21. The Morgan fingerprint density at radius 1 is 0.943 bits per heavy atom. The lowest BCUT2D eigenvalue weighted by Gasteiger charge is -2.18. The van der Waals surface area contributed by atoms with E-state index in [0.717, 1.165) is 18.2 Å². The molecule has 0 atom stereocenters. The van der Waals surface area contributed by atoms with Crippen molar-refractivity contribution >= 4 is 51.7 Å². The van der Waals surface area contributed by atoms with Crippen LogP contribution >= 0.6 is 22.6 Å². The monoisotopic (exact) mass is 597 g/mol. The summed E-state index contributed by atoms with van der Waals surface area (Å²) in [5.41, 5.74) is 0.131. The molecule has 0 saturated heterocycles. The average Bonchev–Trinajstić information content (AvgIpc) is 2.83. The SMILES string of the molecule is CN(C(=O)CNC(=O)c1cc(F)ccc1OCC(=O)Nc1ccc(I)cc1F)c1ccc(F)cc1. The van der Waals surface area contributed by atoms with E-state index in [1.165, 1.54) is 48.3 Å². The first-order chi connectivity index (χ1) is 16.6. The van der Waals surface area contributed by atoms with Crippen molar-refractivity contribution in [2.24, 2.45) is 0 Å². The van der Waals surface area contributed by atoms with E-state index in [1.54, 1.807) is 6.07 Å². The third-order valence-corrected chi connectivity index (χ3v) is 5.41. The minimum atomic E-state index is -0.815. The number of amides is 3. The molecule has 0 fully saturated rings. The van der Waals surface area contributed by atoms with Gasteiger partial charge in [-0.25, -0.2) is 13.2 Å². The summed E-state index contributed by atoms with van der Waals surface area (Å²) in [6, 6.07) is 12.5. The molecule has 35 heavy (non-hydrogen) atoms. The van der Waals surface area contributed by atoms with Crippen LogP contribution in [0.15, 0.2) is 60.7 Å². The highest BCUT2D eigenvalue weighted by atomic mass is 127. The van der Waals surface area contributed by atoms with E-state index >= 15 is 0 Å². The van der Waals surface area contributed by atoms with Crippen molar-refractivity contribution in [1.29, 1.82) is 0 Å². The summed E-state index contributed by atoms with van der Waals surface area (Å²) in [4.78, 5) is 38.4. The van der Waals surface area contributed by atoms with Crippen LogP contribution in [-0.2, 0) is 9.59 Å². The van der Waals surface area contributed by atoms with E-state index < -0.39 is 48.3 Å². The molecule has 182 valence electrons. The number of hydrogen-bond donors (Lipinski definition) is 2. The van der Waals surface area contributed by atoms with Crippen LogP contribution in [0.4, 0.5) is 24.5 Å². The van der Waals surface area contributed by atoms with Gasteiger partial charge in [-0.2, -0.15) is 0 Å². The van der Waals surface area contributed by atoms with E-state index in [-0.39, 0.29) is 17.0 Å². The summed E-state index contributed by atoms with van der Waals surface area (Å²) in [5, 5.41) is 4.72. The van der Waals surface area contributed by atoms with Crippen molar-refractivity contribution in [2.75, 3.05) is 30.4 Å². The Morgan fingerprint density at radius 3 is 2.31 bits per heavy atom. The molecule has 0 saturated carbocycles. The van der Waals surface area contributed by atoms with Crippen LogP contribution in [0.1, 0.15) is 10.4 Å². The zero-order valence-corrected chi connectivity index (χ0v) is 20.4. The second-order valence-electron chi connectivity index (χ2n) is 7.21. The number of benzene rings is 3. The second-order valence-corrected chi connectivity index (χ2v) is 8.46. The zero-order chi connectivity index (χ0) is 25.5. The first-order valence-corrected chi connectivity index (χ1v) is 11.2. The van der Waals surface area contributed by atoms with Gasteiger partial charge in [-0.15, -0.1) is 0 Å². The van der Waals surface area contributed by atoms with Crippen LogP contribution in [0.5, 0.6) is 5.75 Å². The van der Waals surface area contributed by atoms with Crippen LogP contribution in [0.2, 0.25) is 0 Å². The number of hydrogen-bond acceptors (Lipinski definition) is 4. The number of halogens is 4. The Morgan fingerprint density at radius 2 is 1.63 bits per heavy atom. The molecule has 0 spiro atoms. The maximum atomic E-state index is 13.9. The van der Waals surface area contributed by atoms with Crippen LogP contribution in [0.25, 0.3) is 0 Å². The van der Waals surface area contributed by atoms with Crippen molar-refractivity contribution < 1.29 is 32.3 Å². The highest BCUT2D eigenvalue weighted by Gasteiger charge is 2.18. The molecule has 3 aromatic carbocycles. The summed E-state index contributed by atoms with van der Waals surface area (Å²) >= 11 is 1.93. The van der Waals surface area contributed by atoms with Gasteiger partial charge < -0.3 is 20.3 Å². The molecule has 0 heterocycles. The van der Waals surface area contributed by atoms with Crippen LogP contribution < -0.4 is 20.3 Å². The van der Waals surface area contributed by atoms with Gasteiger partial charge in [0.2, 0.25) is 5.91 Å². The smallest absolute Gasteiger partial charge is 0.262 e. The lowest BCUT2D eigenvalue weighted by atomic mass is 10.2. The molecule has 0 bridgehead atoms. The molecular formula is C24H19F3IN3O4. The number of rotatable bonds is 8. The van der Waals surface area contributed by atoms with Gasteiger partial charge in [-0.3, -0.25) is 14.4 Å². The van der Waals surface area contributed by atoms with Crippen molar-refractivity contribution in [3.05, 3.63) is 87.2 Å². The van der Waals surface area contributed by atoms with Crippen molar-refractivity contribution in [2.45, 2.75) is 0 Å². The lowest BCUT2D eigenvalue weighted by molar-refractivity contribution is -0.118. The Bertz CT molecular complexity index is 1260. The maximum absolute atomic E-state index is 13.9. The number of nitrogens with one attached hydrogen (secondary N) is 2. The van der Waals surface area contributed by atoms with Crippen LogP contribution in [0.3, 0.4) is 0 Å². The van der Waals surface area contributed by atoms with Crippen molar-refractivity contribution in [3.63, 3.8) is 0 Å². The third-order valence-electron chi connectivity index (χ3n) is 4.74. The van der Waals surface area contributed by atoms with E-state index in [0.29, 0.717) is 9.26 Å². The van der Waals surface area contributed by atoms with Gasteiger partial charge in [0.25, 0.3) is 11.8 Å². The van der Waals surface area contributed by atoms with Gasteiger partial charge in [0, 0.05) is 16.3 Å². The van der Waals surface area contributed by atoms with Gasteiger partial charge in [-0.05, 0) is 83.3 Å². The van der Waals surface area contributed by atoms with E-state index in [2.05, 4.69) is 10.6 Å². The third kappa shape index (κ3) is 7.18. The minimum Gasteiger partial charge on any atom is -0.483 e. The molecule has 0 aliphatic carbocycles. The normalized spacial score (nSPS) is 10.4. The van der Waals surface area contributed by atoms with Gasteiger partial charge in [0.05, 0.1) is 17.8 Å². The largest absolute Gasteiger partial charge is 0.483 e. The van der Waals surface area contributed by atoms with Crippen molar-refractivity contribution in [3.8, 4) is 5.75 Å². The first-order valence-electron chi connectivity index (χ1n) is 10.1. The maximum Gasteiger partial charge on any atom is 0.262 e. The molecule has 7 nitrogen and oxygen atoms in total. The quantitative estimate of drug-likeness (QED) is 0.383. The Hall–Kier alpha value is -3.61.